The lowest BCUT2D eigenvalue weighted by Crippen LogP contribution is -2.58. The van der Waals surface area contributed by atoms with Crippen molar-refractivity contribution in [1.29, 1.82) is 0 Å². The number of carbonyl (C=O) groups excluding carboxylic acids is 1. The van der Waals surface area contributed by atoms with E-state index in [0.29, 0.717) is 17.1 Å². The van der Waals surface area contributed by atoms with Gasteiger partial charge < -0.3 is 0 Å². The quantitative estimate of drug-likeness (QED) is 0.811. The van der Waals surface area contributed by atoms with Crippen LogP contribution < -0.4 is 10.2 Å². The highest BCUT2D eigenvalue weighted by atomic mass is 32.1. The summed E-state index contributed by atoms with van der Waals surface area (Å²) in [6, 6.07) is 16.5. The molecule has 1 spiro atoms. The summed E-state index contributed by atoms with van der Waals surface area (Å²) in [6.07, 6.45) is 1.44. The third kappa shape index (κ3) is 3.24. The molecule has 140 valence electrons. The number of likely N-dealkylation sites (tertiary alicyclic amines) is 1. The van der Waals surface area contributed by atoms with Crippen molar-refractivity contribution < 1.29 is 9.18 Å². The van der Waals surface area contributed by atoms with Gasteiger partial charge >= 0.3 is 6.03 Å². The van der Waals surface area contributed by atoms with Crippen LogP contribution in [0.25, 0.3) is 0 Å². The van der Waals surface area contributed by atoms with Gasteiger partial charge in [-0.2, -0.15) is 0 Å². The molecule has 0 aromatic heterocycles. The number of hydrogen-bond acceptors (Lipinski definition) is 3. The Balaban J connectivity index is 1.60. The zero-order valence-electron chi connectivity index (χ0n) is 15.2. The SMILES string of the molecule is C[C@@H]1C[C@@]2(CCN1Cc1ccccc1)C(=S)NC(=O)N2c1cccc(F)c1. The van der Waals surface area contributed by atoms with Gasteiger partial charge in [0.05, 0.1) is 0 Å². The number of urea groups is 1. The number of halogens is 1. The average Bonchev–Trinajstić information content (AvgIpc) is 2.88. The molecule has 2 atom stereocenters. The van der Waals surface area contributed by atoms with Gasteiger partial charge in [0.25, 0.3) is 0 Å². The molecule has 0 aliphatic carbocycles. The molecular formula is C21H22FN3OS. The molecule has 2 heterocycles. The summed E-state index contributed by atoms with van der Waals surface area (Å²) >= 11 is 5.57. The molecule has 4 nitrogen and oxygen atoms in total. The zero-order valence-corrected chi connectivity index (χ0v) is 16.0. The average molecular weight is 383 g/mol. The summed E-state index contributed by atoms with van der Waals surface area (Å²) in [5.41, 5.74) is 1.23. The minimum Gasteiger partial charge on any atom is -0.300 e. The monoisotopic (exact) mass is 383 g/mol. The third-order valence-corrected chi connectivity index (χ3v) is 6.12. The van der Waals surface area contributed by atoms with Crippen LogP contribution in [-0.2, 0) is 6.54 Å². The Kier molecular flexibility index (Phi) is 4.70. The Morgan fingerprint density at radius 2 is 2.00 bits per heavy atom. The maximum Gasteiger partial charge on any atom is 0.327 e. The topological polar surface area (TPSA) is 35.6 Å². The lowest BCUT2D eigenvalue weighted by Gasteiger charge is -2.46. The molecule has 1 N–H and O–H groups in total. The van der Waals surface area contributed by atoms with E-state index in [1.165, 1.54) is 17.7 Å². The molecule has 0 bridgehead atoms. The molecule has 2 aliphatic rings. The number of nitrogens with one attached hydrogen (secondary N) is 1. The van der Waals surface area contributed by atoms with Crippen LogP contribution in [-0.4, -0.2) is 34.0 Å². The van der Waals surface area contributed by atoms with E-state index in [2.05, 4.69) is 29.3 Å². The van der Waals surface area contributed by atoms with Crippen LogP contribution in [0.3, 0.4) is 0 Å². The van der Waals surface area contributed by atoms with Crippen LogP contribution in [0.2, 0.25) is 0 Å². The van der Waals surface area contributed by atoms with Crippen molar-refractivity contribution in [1.82, 2.24) is 10.2 Å². The largest absolute Gasteiger partial charge is 0.327 e. The van der Waals surface area contributed by atoms with Gasteiger partial charge in [0.15, 0.2) is 0 Å². The number of carbonyl (C=O) groups is 1. The fourth-order valence-electron chi connectivity index (χ4n) is 4.28. The summed E-state index contributed by atoms with van der Waals surface area (Å²) in [7, 11) is 0. The first-order chi connectivity index (χ1) is 13.0. The highest BCUT2D eigenvalue weighted by molar-refractivity contribution is 7.80. The van der Waals surface area contributed by atoms with Gasteiger partial charge in [-0.15, -0.1) is 0 Å². The molecule has 4 rings (SSSR count). The fraction of sp³-hybridized carbons (Fsp3) is 0.333. The predicted octanol–water partition coefficient (Wildman–Crippen LogP) is 4.11. The Morgan fingerprint density at radius 1 is 1.22 bits per heavy atom. The molecule has 2 aliphatic heterocycles. The number of thiocarbonyl (C=S) groups is 1. The van der Waals surface area contributed by atoms with Gasteiger partial charge in [-0.05, 0) is 43.5 Å². The maximum atomic E-state index is 13.8. The van der Waals surface area contributed by atoms with Crippen molar-refractivity contribution in [3.8, 4) is 0 Å². The molecule has 0 unspecified atom stereocenters. The molecule has 2 fully saturated rings. The molecule has 27 heavy (non-hydrogen) atoms. The predicted molar refractivity (Wildman–Crippen MR) is 108 cm³/mol. The van der Waals surface area contributed by atoms with Crippen LogP contribution in [0.15, 0.2) is 54.6 Å². The second-order valence-corrected chi connectivity index (χ2v) is 7.77. The number of anilines is 1. The van der Waals surface area contributed by atoms with E-state index >= 15 is 0 Å². The van der Waals surface area contributed by atoms with E-state index in [1.807, 2.05) is 18.2 Å². The van der Waals surface area contributed by atoms with E-state index in [4.69, 9.17) is 12.2 Å². The van der Waals surface area contributed by atoms with Crippen LogP contribution in [0, 0.1) is 5.82 Å². The summed E-state index contributed by atoms with van der Waals surface area (Å²) in [5, 5.41) is 2.81. The van der Waals surface area contributed by atoms with E-state index < -0.39 is 5.54 Å². The van der Waals surface area contributed by atoms with Gasteiger partial charge in [0.1, 0.15) is 16.3 Å². The van der Waals surface area contributed by atoms with E-state index in [-0.39, 0.29) is 17.9 Å². The van der Waals surface area contributed by atoms with E-state index in [1.54, 1.807) is 17.0 Å². The van der Waals surface area contributed by atoms with Gasteiger partial charge in [-0.3, -0.25) is 15.1 Å². The fourth-order valence-corrected chi connectivity index (χ4v) is 4.64. The van der Waals surface area contributed by atoms with Crippen LogP contribution in [0.5, 0.6) is 0 Å². The normalized spacial score (nSPS) is 25.9. The smallest absolute Gasteiger partial charge is 0.300 e. The van der Waals surface area contributed by atoms with Crippen molar-refractivity contribution in [2.45, 2.75) is 37.9 Å². The first-order valence-electron chi connectivity index (χ1n) is 9.19. The van der Waals surface area contributed by atoms with Crippen LogP contribution in [0.4, 0.5) is 14.9 Å². The van der Waals surface area contributed by atoms with Crippen molar-refractivity contribution >= 4 is 28.9 Å². The van der Waals surface area contributed by atoms with Gasteiger partial charge in [0, 0.05) is 24.8 Å². The lowest BCUT2D eigenvalue weighted by atomic mass is 9.82. The van der Waals surface area contributed by atoms with Crippen molar-refractivity contribution in [2.24, 2.45) is 0 Å². The standard InChI is InChI=1S/C21H22FN3OS/c1-15-13-21(10-11-24(15)14-16-6-3-2-4-7-16)19(27)23-20(26)25(21)18-9-5-8-17(22)12-18/h2-9,12,15H,10-11,13-14H2,1H3,(H,23,26,27)/t15-,21+/m1/s1. The molecule has 2 amide bonds. The molecule has 2 saturated heterocycles. The minimum absolute atomic E-state index is 0.237. The lowest BCUT2D eigenvalue weighted by molar-refractivity contribution is 0.124. The molecule has 6 heteroatoms. The summed E-state index contributed by atoms with van der Waals surface area (Å²) in [6.45, 7) is 3.85. The van der Waals surface area contributed by atoms with Crippen LogP contribution in [0.1, 0.15) is 25.3 Å². The van der Waals surface area contributed by atoms with Crippen LogP contribution >= 0.6 is 12.2 Å². The summed E-state index contributed by atoms with van der Waals surface area (Å²) < 4.78 is 13.8. The number of rotatable bonds is 3. The maximum absolute atomic E-state index is 13.8. The summed E-state index contributed by atoms with van der Waals surface area (Å²) in [4.78, 5) is 17.3. The first-order valence-corrected chi connectivity index (χ1v) is 9.60. The molecule has 0 radical (unpaired) electrons. The second kappa shape index (κ2) is 7.02. The van der Waals surface area contributed by atoms with Crippen molar-refractivity contribution in [3.05, 3.63) is 66.0 Å². The highest BCUT2D eigenvalue weighted by Gasteiger charge is 2.53. The number of hydrogen-bond donors (Lipinski definition) is 1. The van der Waals surface area contributed by atoms with E-state index in [0.717, 1.165) is 19.5 Å². The zero-order chi connectivity index (χ0) is 19.0. The second-order valence-electron chi connectivity index (χ2n) is 7.37. The number of piperidine rings is 1. The highest BCUT2D eigenvalue weighted by Crippen LogP contribution is 2.40. The minimum atomic E-state index is -0.590. The Hall–Kier alpha value is -2.31. The van der Waals surface area contributed by atoms with Crippen molar-refractivity contribution in [3.63, 3.8) is 0 Å². The number of amides is 2. The molecular weight excluding hydrogens is 361 g/mol. The first kappa shape index (κ1) is 18.1. The Morgan fingerprint density at radius 3 is 2.70 bits per heavy atom. The summed E-state index contributed by atoms with van der Waals surface area (Å²) in [5.74, 6) is -0.358. The van der Waals surface area contributed by atoms with Gasteiger partial charge in [0.2, 0.25) is 0 Å². The van der Waals surface area contributed by atoms with Gasteiger partial charge in [-0.25, -0.2) is 9.18 Å². The molecule has 2 aromatic rings. The van der Waals surface area contributed by atoms with E-state index in [9.17, 15) is 9.18 Å². The Labute approximate surface area is 164 Å². The number of nitrogens with zero attached hydrogens (tertiary/aromatic N) is 2. The Bertz CT molecular complexity index is 875. The van der Waals surface area contributed by atoms with Crippen molar-refractivity contribution in [2.75, 3.05) is 11.4 Å². The molecule has 2 aromatic carbocycles. The number of benzene rings is 2. The third-order valence-electron chi connectivity index (χ3n) is 5.64. The van der Waals surface area contributed by atoms with Gasteiger partial charge in [-0.1, -0.05) is 48.6 Å². The molecule has 0 saturated carbocycles.